The monoisotopic (exact) mass is 403 g/mol. The summed E-state index contributed by atoms with van der Waals surface area (Å²) in [6.45, 7) is 4.63. The Bertz CT molecular complexity index is 982. The molecule has 2 aromatic heterocycles. The smallest absolute Gasteiger partial charge is 0.271 e. The van der Waals surface area contributed by atoms with Crippen LogP contribution in [0.2, 0.25) is 0 Å². The lowest BCUT2D eigenvalue weighted by atomic mass is 10.1. The molecule has 0 aliphatic heterocycles. The molecular formula is C19H21N3O3S2. The van der Waals surface area contributed by atoms with Crippen LogP contribution in [0.1, 0.15) is 25.1 Å². The van der Waals surface area contributed by atoms with E-state index in [9.17, 15) is 8.42 Å². The molecule has 0 saturated heterocycles. The van der Waals surface area contributed by atoms with E-state index in [0.29, 0.717) is 28.1 Å². The average Bonchev–Trinajstić information content (AvgIpc) is 3.17. The quantitative estimate of drug-likeness (QED) is 0.604. The maximum atomic E-state index is 12.5. The first kappa shape index (κ1) is 19.3. The summed E-state index contributed by atoms with van der Waals surface area (Å²) < 4.78 is 33.3. The van der Waals surface area contributed by atoms with Crippen molar-refractivity contribution in [2.24, 2.45) is 0 Å². The van der Waals surface area contributed by atoms with Crippen LogP contribution in [0.4, 0.5) is 5.69 Å². The van der Waals surface area contributed by atoms with Gasteiger partial charge in [0, 0.05) is 22.2 Å². The first-order chi connectivity index (χ1) is 13.0. The zero-order chi connectivity index (χ0) is 19.3. The van der Waals surface area contributed by atoms with Crippen molar-refractivity contribution >= 4 is 27.0 Å². The summed E-state index contributed by atoms with van der Waals surface area (Å²) >= 11 is 1.29. The maximum absolute atomic E-state index is 12.5. The third-order valence-corrected chi connectivity index (χ3v) is 6.88. The van der Waals surface area contributed by atoms with Gasteiger partial charge in [-0.15, -0.1) is 21.5 Å². The van der Waals surface area contributed by atoms with E-state index in [1.54, 1.807) is 36.4 Å². The fraction of sp³-hybridized carbons (Fsp3) is 0.263. The summed E-state index contributed by atoms with van der Waals surface area (Å²) in [7, 11) is -3.57. The molecule has 2 heterocycles. The van der Waals surface area contributed by atoms with Crippen molar-refractivity contribution in [1.82, 2.24) is 10.2 Å². The summed E-state index contributed by atoms with van der Waals surface area (Å²) in [5.41, 5.74) is 2.04. The van der Waals surface area contributed by atoms with Crippen molar-refractivity contribution in [2.45, 2.75) is 30.9 Å². The zero-order valence-corrected chi connectivity index (χ0v) is 16.8. The van der Waals surface area contributed by atoms with Crippen LogP contribution in [0.3, 0.4) is 0 Å². The molecule has 6 nitrogen and oxygen atoms in total. The molecule has 0 aliphatic carbocycles. The van der Waals surface area contributed by atoms with Gasteiger partial charge in [0.1, 0.15) is 4.21 Å². The number of anilines is 1. The van der Waals surface area contributed by atoms with Crippen LogP contribution in [-0.2, 0) is 16.4 Å². The van der Waals surface area contributed by atoms with Crippen molar-refractivity contribution in [3.63, 3.8) is 0 Å². The molecule has 0 amide bonds. The molecule has 3 aromatic rings. The molecule has 0 spiro atoms. The zero-order valence-electron chi connectivity index (χ0n) is 15.2. The highest BCUT2D eigenvalue weighted by Gasteiger charge is 2.16. The second-order valence-electron chi connectivity index (χ2n) is 5.86. The topological polar surface area (TPSA) is 81.2 Å². The Kier molecular flexibility index (Phi) is 6.08. The molecule has 0 fully saturated rings. The fourth-order valence-corrected chi connectivity index (χ4v) is 4.72. The van der Waals surface area contributed by atoms with Crippen LogP contribution in [0.15, 0.2) is 52.7 Å². The molecule has 0 bridgehead atoms. The van der Waals surface area contributed by atoms with E-state index >= 15 is 0 Å². The number of ether oxygens (including phenoxy) is 1. The van der Waals surface area contributed by atoms with Crippen LogP contribution in [0.25, 0.3) is 11.3 Å². The van der Waals surface area contributed by atoms with Gasteiger partial charge in [-0.1, -0.05) is 26.0 Å². The highest BCUT2D eigenvalue weighted by atomic mass is 32.2. The van der Waals surface area contributed by atoms with Gasteiger partial charge in [0.05, 0.1) is 12.3 Å². The van der Waals surface area contributed by atoms with Crippen molar-refractivity contribution in [2.75, 3.05) is 11.3 Å². The number of nitrogens with one attached hydrogen (secondary N) is 1. The summed E-state index contributed by atoms with van der Waals surface area (Å²) in [5.74, 6) is 0.493. The second-order valence-corrected chi connectivity index (χ2v) is 8.94. The number of sulfonamides is 1. The minimum Gasteiger partial charge on any atom is -0.477 e. The number of hydrogen-bond donors (Lipinski definition) is 1. The van der Waals surface area contributed by atoms with Gasteiger partial charge in [0.15, 0.2) is 0 Å². The number of benzene rings is 1. The summed E-state index contributed by atoms with van der Waals surface area (Å²) in [6, 6.07) is 14.1. The number of hydrogen-bond acceptors (Lipinski definition) is 6. The highest BCUT2D eigenvalue weighted by molar-refractivity contribution is 7.94. The lowest BCUT2D eigenvalue weighted by molar-refractivity contribution is 0.302. The van der Waals surface area contributed by atoms with Crippen LogP contribution < -0.4 is 9.46 Å². The van der Waals surface area contributed by atoms with Crippen molar-refractivity contribution in [1.29, 1.82) is 0 Å². The van der Waals surface area contributed by atoms with Crippen molar-refractivity contribution in [3.05, 3.63) is 53.4 Å². The minimum atomic E-state index is -3.57. The van der Waals surface area contributed by atoms with Crippen LogP contribution in [0, 0.1) is 0 Å². The van der Waals surface area contributed by atoms with E-state index in [-0.39, 0.29) is 0 Å². The fourth-order valence-electron chi connectivity index (χ4n) is 2.36. The Morgan fingerprint density at radius 3 is 2.37 bits per heavy atom. The lowest BCUT2D eigenvalue weighted by Crippen LogP contribution is -2.11. The largest absolute Gasteiger partial charge is 0.477 e. The first-order valence-electron chi connectivity index (χ1n) is 8.70. The molecule has 8 heteroatoms. The Morgan fingerprint density at radius 1 is 1.00 bits per heavy atom. The number of thiophene rings is 1. The molecule has 3 rings (SSSR count). The molecule has 0 atom stereocenters. The summed E-state index contributed by atoms with van der Waals surface area (Å²) in [5, 5.41) is 8.20. The summed E-state index contributed by atoms with van der Waals surface area (Å²) in [4.78, 5) is 1.04. The van der Waals surface area contributed by atoms with Crippen LogP contribution in [0.5, 0.6) is 5.88 Å². The Hall–Kier alpha value is -2.45. The van der Waals surface area contributed by atoms with Gasteiger partial charge < -0.3 is 4.74 Å². The molecular weight excluding hydrogens is 382 g/mol. The van der Waals surface area contributed by atoms with Crippen LogP contribution >= 0.6 is 11.3 Å². The van der Waals surface area contributed by atoms with Crippen LogP contribution in [-0.4, -0.2) is 25.2 Å². The van der Waals surface area contributed by atoms with Crippen molar-refractivity contribution < 1.29 is 13.2 Å². The molecule has 1 N–H and O–H groups in total. The predicted molar refractivity (Wildman–Crippen MR) is 108 cm³/mol. The van der Waals surface area contributed by atoms with Crippen molar-refractivity contribution in [3.8, 4) is 17.1 Å². The van der Waals surface area contributed by atoms with Gasteiger partial charge in [0.25, 0.3) is 10.0 Å². The molecule has 0 aliphatic rings. The van der Waals surface area contributed by atoms with E-state index in [0.717, 1.165) is 23.3 Å². The normalized spacial score (nSPS) is 11.3. The SMILES string of the molecule is CCCOc1ccc(-c2ccc(NS(=O)(=O)c3ccc(CC)s3)cc2)nn1. The van der Waals surface area contributed by atoms with Gasteiger partial charge >= 0.3 is 0 Å². The van der Waals surface area contributed by atoms with Gasteiger partial charge in [-0.25, -0.2) is 8.42 Å². The molecule has 142 valence electrons. The van der Waals surface area contributed by atoms with E-state index < -0.39 is 10.0 Å². The van der Waals surface area contributed by atoms with E-state index in [1.165, 1.54) is 11.3 Å². The molecule has 1 aromatic carbocycles. The standard InChI is InChI=1S/C19H21N3O3S2/c1-3-13-25-18-11-10-17(20-21-18)14-5-7-15(8-6-14)22-27(23,24)19-12-9-16(4-2)26-19/h5-12,22H,3-4,13H2,1-2H3. The predicted octanol–water partition coefficient (Wildman–Crippen LogP) is 4.36. The Balaban J connectivity index is 1.71. The third-order valence-electron chi connectivity index (χ3n) is 3.78. The third kappa shape index (κ3) is 4.84. The molecule has 27 heavy (non-hydrogen) atoms. The first-order valence-corrected chi connectivity index (χ1v) is 11.0. The number of rotatable bonds is 8. The van der Waals surface area contributed by atoms with E-state index in [2.05, 4.69) is 14.9 Å². The number of aryl methyl sites for hydroxylation is 1. The van der Waals surface area contributed by atoms with Gasteiger partial charge in [-0.3, -0.25) is 4.72 Å². The Morgan fingerprint density at radius 2 is 1.78 bits per heavy atom. The van der Waals surface area contributed by atoms with E-state index in [4.69, 9.17) is 4.74 Å². The molecule has 0 radical (unpaired) electrons. The minimum absolute atomic E-state index is 0.317. The Labute approximate surface area is 163 Å². The number of nitrogens with zero attached hydrogens (tertiary/aromatic N) is 2. The maximum Gasteiger partial charge on any atom is 0.271 e. The summed E-state index contributed by atoms with van der Waals surface area (Å²) in [6.07, 6.45) is 1.73. The van der Waals surface area contributed by atoms with Gasteiger partial charge in [0.2, 0.25) is 5.88 Å². The van der Waals surface area contributed by atoms with Gasteiger partial charge in [-0.05, 0) is 43.2 Å². The average molecular weight is 404 g/mol. The highest BCUT2D eigenvalue weighted by Crippen LogP contribution is 2.26. The molecule has 0 saturated carbocycles. The number of aromatic nitrogens is 2. The second kappa shape index (κ2) is 8.49. The van der Waals surface area contributed by atoms with E-state index in [1.807, 2.05) is 26.0 Å². The lowest BCUT2D eigenvalue weighted by Gasteiger charge is -2.08. The van der Waals surface area contributed by atoms with Gasteiger partial charge in [-0.2, -0.15) is 0 Å². The molecule has 0 unspecified atom stereocenters.